The quantitative estimate of drug-likeness (QED) is 0.763. The summed E-state index contributed by atoms with van der Waals surface area (Å²) in [6.45, 7) is 5.33. The van der Waals surface area contributed by atoms with Crippen molar-refractivity contribution in [2.45, 2.75) is 64.5 Å². The minimum absolute atomic E-state index is 0.194. The molecule has 1 rings (SSSR count). The highest BCUT2D eigenvalue weighted by Crippen LogP contribution is 2.23. The van der Waals surface area contributed by atoms with Gasteiger partial charge in [-0.2, -0.15) is 0 Å². The maximum Gasteiger partial charge on any atom is 0.304 e. The van der Waals surface area contributed by atoms with E-state index in [9.17, 15) is 4.79 Å². The average molecular weight is 213 g/mol. The van der Waals surface area contributed by atoms with Crippen LogP contribution in [0.1, 0.15) is 52.4 Å². The van der Waals surface area contributed by atoms with E-state index in [1.165, 1.54) is 32.1 Å². The van der Waals surface area contributed by atoms with Gasteiger partial charge in [0.05, 0.1) is 6.42 Å². The van der Waals surface area contributed by atoms with Crippen molar-refractivity contribution in [1.82, 2.24) is 4.90 Å². The molecule has 1 heterocycles. The van der Waals surface area contributed by atoms with Crippen LogP contribution in [0.25, 0.3) is 0 Å². The van der Waals surface area contributed by atoms with Crippen LogP contribution in [-0.4, -0.2) is 34.6 Å². The molecule has 1 saturated heterocycles. The van der Waals surface area contributed by atoms with Crippen LogP contribution in [-0.2, 0) is 4.79 Å². The molecule has 1 fully saturated rings. The van der Waals surface area contributed by atoms with Gasteiger partial charge in [-0.1, -0.05) is 19.8 Å². The molecule has 0 amide bonds. The predicted molar refractivity (Wildman–Crippen MR) is 61.0 cm³/mol. The van der Waals surface area contributed by atoms with Gasteiger partial charge in [0.2, 0.25) is 0 Å². The van der Waals surface area contributed by atoms with E-state index in [1.807, 2.05) is 6.92 Å². The van der Waals surface area contributed by atoms with Gasteiger partial charge in [0, 0.05) is 12.1 Å². The highest BCUT2D eigenvalue weighted by Gasteiger charge is 2.26. The smallest absolute Gasteiger partial charge is 0.304 e. The molecule has 0 saturated carbocycles. The van der Waals surface area contributed by atoms with Crippen molar-refractivity contribution in [3.8, 4) is 0 Å². The van der Waals surface area contributed by atoms with Crippen LogP contribution < -0.4 is 0 Å². The normalized spacial score (nSPS) is 25.1. The molecule has 1 N–H and O–H groups in total. The zero-order chi connectivity index (χ0) is 11.3. The van der Waals surface area contributed by atoms with Gasteiger partial charge in [-0.05, 0) is 32.7 Å². The minimum atomic E-state index is -0.677. The molecule has 0 aromatic heterocycles. The summed E-state index contributed by atoms with van der Waals surface area (Å²) < 4.78 is 0. The molecule has 2 atom stereocenters. The molecule has 0 radical (unpaired) electrons. The standard InChI is InChI=1S/C12H23NO2/c1-3-6-11-7-4-5-8-13(11)10(2)9-12(14)15/h10-11H,3-9H2,1-2H3,(H,14,15). The SMILES string of the molecule is CCCC1CCCCN1C(C)CC(=O)O. The van der Waals surface area contributed by atoms with E-state index in [2.05, 4.69) is 11.8 Å². The monoisotopic (exact) mass is 213 g/mol. The summed E-state index contributed by atoms with van der Waals surface area (Å²) in [6.07, 6.45) is 6.47. The number of carboxylic acid groups (broad SMARTS) is 1. The fraction of sp³-hybridized carbons (Fsp3) is 0.917. The first-order valence-electron chi connectivity index (χ1n) is 6.12. The summed E-state index contributed by atoms with van der Waals surface area (Å²) in [5, 5.41) is 8.80. The Morgan fingerprint density at radius 3 is 2.87 bits per heavy atom. The third-order valence-corrected chi connectivity index (χ3v) is 3.33. The van der Waals surface area contributed by atoms with Crippen LogP contribution in [0.5, 0.6) is 0 Å². The maximum absolute atomic E-state index is 10.7. The number of hydrogen-bond donors (Lipinski definition) is 1. The van der Waals surface area contributed by atoms with Gasteiger partial charge in [-0.25, -0.2) is 0 Å². The van der Waals surface area contributed by atoms with Crippen LogP contribution in [0.2, 0.25) is 0 Å². The molecule has 0 spiro atoms. The van der Waals surface area contributed by atoms with E-state index in [0.717, 1.165) is 6.54 Å². The highest BCUT2D eigenvalue weighted by atomic mass is 16.4. The van der Waals surface area contributed by atoms with Gasteiger partial charge < -0.3 is 5.11 Å². The summed E-state index contributed by atoms with van der Waals surface area (Å²) in [5.74, 6) is -0.677. The van der Waals surface area contributed by atoms with Crippen LogP contribution in [0, 0.1) is 0 Å². The lowest BCUT2D eigenvalue weighted by Gasteiger charge is -2.39. The van der Waals surface area contributed by atoms with E-state index in [-0.39, 0.29) is 12.5 Å². The highest BCUT2D eigenvalue weighted by molar-refractivity contribution is 5.67. The molecule has 3 nitrogen and oxygen atoms in total. The number of nitrogens with zero attached hydrogens (tertiary/aromatic N) is 1. The summed E-state index contributed by atoms with van der Waals surface area (Å²) in [4.78, 5) is 13.1. The second kappa shape index (κ2) is 6.11. The van der Waals surface area contributed by atoms with E-state index in [1.54, 1.807) is 0 Å². The van der Waals surface area contributed by atoms with E-state index < -0.39 is 5.97 Å². The second-order valence-corrected chi connectivity index (χ2v) is 4.62. The largest absolute Gasteiger partial charge is 0.481 e. The molecular weight excluding hydrogens is 190 g/mol. The predicted octanol–water partition coefficient (Wildman–Crippen LogP) is 2.50. The Kier molecular flexibility index (Phi) is 5.09. The summed E-state index contributed by atoms with van der Waals surface area (Å²) in [5.41, 5.74) is 0. The van der Waals surface area contributed by atoms with Crippen LogP contribution >= 0.6 is 0 Å². The van der Waals surface area contributed by atoms with Crippen molar-refractivity contribution in [1.29, 1.82) is 0 Å². The minimum Gasteiger partial charge on any atom is -0.481 e. The third-order valence-electron chi connectivity index (χ3n) is 3.33. The van der Waals surface area contributed by atoms with Crippen molar-refractivity contribution in [3.63, 3.8) is 0 Å². The van der Waals surface area contributed by atoms with Crippen molar-refractivity contribution < 1.29 is 9.90 Å². The van der Waals surface area contributed by atoms with Gasteiger partial charge >= 0.3 is 5.97 Å². The number of rotatable bonds is 5. The molecule has 0 aromatic rings. The molecule has 0 aliphatic carbocycles. The first kappa shape index (κ1) is 12.5. The Labute approximate surface area is 92.5 Å². The van der Waals surface area contributed by atoms with Gasteiger partial charge in [0.15, 0.2) is 0 Å². The lowest BCUT2D eigenvalue weighted by molar-refractivity contribution is -0.138. The first-order chi connectivity index (χ1) is 7.15. The molecule has 1 aliphatic heterocycles. The fourth-order valence-corrected chi connectivity index (χ4v) is 2.62. The molecule has 15 heavy (non-hydrogen) atoms. The Morgan fingerprint density at radius 2 is 2.27 bits per heavy atom. The second-order valence-electron chi connectivity index (χ2n) is 4.62. The topological polar surface area (TPSA) is 40.5 Å². The Morgan fingerprint density at radius 1 is 1.53 bits per heavy atom. The molecule has 0 bridgehead atoms. The molecule has 1 aliphatic rings. The van der Waals surface area contributed by atoms with Crippen molar-refractivity contribution >= 4 is 5.97 Å². The number of aliphatic carboxylic acids is 1. The Bertz CT molecular complexity index is 204. The van der Waals surface area contributed by atoms with E-state index >= 15 is 0 Å². The summed E-state index contributed by atoms with van der Waals surface area (Å²) in [7, 11) is 0. The van der Waals surface area contributed by atoms with Crippen LogP contribution in [0.3, 0.4) is 0 Å². The third kappa shape index (κ3) is 3.82. The van der Waals surface area contributed by atoms with Gasteiger partial charge in [-0.15, -0.1) is 0 Å². The fourth-order valence-electron chi connectivity index (χ4n) is 2.62. The molecule has 2 unspecified atom stereocenters. The first-order valence-corrected chi connectivity index (χ1v) is 6.12. The Balaban J connectivity index is 2.50. The Hall–Kier alpha value is -0.570. The molecule has 3 heteroatoms. The number of hydrogen-bond acceptors (Lipinski definition) is 2. The van der Waals surface area contributed by atoms with E-state index in [4.69, 9.17) is 5.11 Å². The average Bonchev–Trinajstić information content (AvgIpc) is 2.18. The summed E-state index contributed by atoms with van der Waals surface area (Å²) >= 11 is 0. The molecule has 88 valence electrons. The molecular formula is C12H23NO2. The van der Waals surface area contributed by atoms with Crippen molar-refractivity contribution in [3.05, 3.63) is 0 Å². The van der Waals surface area contributed by atoms with Crippen molar-refractivity contribution in [2.24, 2.45) is 0 Å². The number of likely N-dealkylation sites (tertiary alicyclic amines) is 1. The summed E-state index contributed by atoms with van der Waals surface area (Å²) in [6, 6.07) is 0.817. The zero-order valence-electron chi connectivity index (χ0n) is 9.91. The van der Waals surface area contributed by atoms with E-state index in [0.29, 0.717) is 6.04 Å². The maximum atomic E-state index is 10.7. The van der Waals surface area contributed by atoms with Crippen LogP contribution in [0.4, 0.5) is 0 Å². The number of carboxylic acids is 1. The van der Waals surface area contributed by atoms with Gasteiger partial charge in [0.1, 0.15) is 0 Å². The lowest BCUT2D eigenvalue weighted by atomic mass is 9.96. The van der Waals surface area contributed by atoms with Crippen molar-refractivity contribution in [2.75, 3.05) is 6.54 Å². The lowest BCUT2D eigenvalue weighted by Crippen LogP contribution is -2.45. The number of piperidine rings is 1. The zero-order valence-corrected chi connectivity index (χ0v) is 9.91. The molecule has 0 aromatic carbocycles. The van der Waals surface area contributed by atoms with Gasteiger partial charge in [-0.3, -0.25) is 9.69 Å². The number of carbonyl (C=O) groups is 1. The van der Waals surface area contributed by atoms with Gasteiger partial charge in [0.25, 0.3) is 0 Å². The van der Waals surface area contributed by atoms with Crippen LogP contribution in [0.15, 0.2) is 0 Å².